The topological polar surface area (TPSA) is 105 Å². The second-order valence-corrected chi connectivity index (χ2v) is 21.8. The molecular formula is C55H110N2O6P+. The molecule has 0 bridgehead atoms. The smallest absolute Gasteiger partial charge is 0.387 e. The average molecular weight is 926 g/mol. The fraction of sp³-hybridized carbons (Fsp3) is 0.909. The van der Waals surface area contributed by atoms with E-state index in [1.165, 1.54) is 218 Å². The molecule has 0 aromatic heterocycles. The van der Waals surface area contributed by atoms with Crippen LogP contribution in [-0.4, -0.2) is 73.4 Å². The number of hydrogen-bond donors (Lipinski definition) is 3. The van der Waals surface area contributed by atoms with Crippen LogP contribution in [0.5, 0.6) is 0 Å². The number of nitrogens with one attached hydrogen (secondary N) is 1. The van der Waals surface area contributed by atoms with Crippen molar-refractivity contribution in [1.82, 2.24) is 5.32 Å². The lowest BCUT2D eigenvalue weighted by Crippen LogP contribution is -2.45. The first kappa shape index (κ1) is 63.0. The van der Waals surface area contributed by atoms with Crippen LogP contribution < -0.4 is 5.32 Å². The van der Waals surface area contributed by atoms with Crippen LogP contribution in [0.2, 0.25) is 0 Å². The number of phosphoric acid groups is 1. The SMILES string of the molecule is CCC/C=C/C(O)C(COP(=O)(O)OCC[N+](C)(C)C)NC(=O)CCCCCCCCCCCCCCCCCCCCCCCCCCCCC/C=C\CCCCCCCCCC. The van der Waals surface area contributed by atoms with Crippen molar-refractivity contribution in [3.63, 3.8) is 0 Å². The van der Waals surface area contributed by atoms with Crippen molar-refractivity contribution in [1.29, 1.82) is 0 Å². The van der Waals surface area contributed by atoms with E-state index in [1.54, 1.807) is 6.08 Å². The Balaban J connectivity index is 3.57. The van der Waals surface area contributed by atoms with Crippen LogP contribution in [0.4, 0.5) is 0 Å². The summed E-state index contributed by atoms with van der Waals surface area (Å²) >= 11 is 0. The summed E-state index contributed by atoms with van der Waals surface area (Å²) in [6.07, 6.45) is 59.9. The number of phosphoric ester groups is 1. The molecule has 64 heavy (non-hydrogen) atoms. The van der Waals surface area contributed by atoms with E-state index >= 15 is 0 Å². The first-order valence-corrected chi connectivity index (χ1v) is 29.2. The van der Waals surface area contributed by atoms with Crippen LogP contribution in [-0.2, 0) is 18.4 Å². The average Bonchev–Trinajstić information content (AvgIpc) is 3.25. The summed E-state index contributed by atoms with van der Waals surface area (Å²) in [4.78, 5) is 22.8. The third-order valence-electron chi connectivity index (χ3n) is 12.6. The number of hydrogen-bond acceptors (Lipinski definition) is 5. The van der Waals surface area contributed by atoms with Gasteiger partial charge in [-0.15, -0.1) is 0 Å². The van der Waals surface area contributed by atoms with Gasteiger partial charge in [-0.3, -0.25) is 13.8 Å². The highest BCUT2D eigenvalue weighted by Crippen LogP contribution is 2.43. The maximum atomic E-state index is 12.7. The zero-order valence-electron chi connectivity index (χ0n) is 43.3. The van der Waals surface area contributed by atoms with E-state index in [2.05, 4.69) is 24.4 Å². The standard InChI is InChI=1S/C55H109N2O6P/c1-6-8-10-11-12-13-14-15-16-17-18-19-20-21-22-23-24-25-26-27-28-29-30-31-32-33-34-35-36-37-38-39-40-41-42-43-44-45-47-49-55(59)56-53(54(58)48-46-9-7-2)52-63-64(60,61)62-51-50-57(3,4)5/h17-18,46,48,53-54,58H,6-16,19-45,47,49-52H2,1-5H3,(H-,56,59,60,61)/p+1/b18-17-,48-46+. The van der Waals surface area contributed by atoms with E-state index in [0.29, 0.717) is 17.4 Å². The number of quaternary nitrogens is 1. The number of carbonyl (C=O) groups is 1. The van der Waals surface area contributed by atoms with Gasteiger partial charge in [-0.05, 0) is 38.5 Å². The van der Waals surface area contributed by atoms with Crippen LogP contribution in [0.3, 0.4) is 0 Å². The van der Waals surface area contributed by atoms with Crippen LogP contribution in [0.1, 0.15) is 271 Å². The molecule has 0 saturated carbocycles. The van der Waals surface area contributed by atoms with Gasteiger partial charge in [0.1, 0.15) is 13.2 Å². The van der Waals surface area contributed by atoms with Crippen LogP contribution >= 0.6 is 7.82 Å². The first-order chi connectivity index (χ1) is 31.0. The minimum Gasteiger partial charge on any atom is -0.387 e. The Bertz CT molecular complexity index is 1090. The third-order valence-corrected chi connectivity index (χ3v) is 13.6. The molecule has 1 amide bonds. The highest BCUT2D eigenvalue weighted by Gasteiger charge is 2.27. The quantitative estimate of drug-likeness (QED) is 0.0243. The van der Waals surface area contributed by atoms with Gasteiger partial charge in [0.25, 0.3) is 0 Å². The van der Waals surface area contributed by atoms with E-state index in [0.717, 1.165) is 32.1 Å². The number of allylic oxidation sites excluding steroid dienone is 3. The highest BCUT2D eigenvalue weighted by molar-refractivity contribution is 7.47. The monoisotopic (exact) mass is 926 g/mol. The van der Waals surface area contributed by atoms with E-state index in [1.807, 2.05) is 34.1 Å². The van der Waals surface area contributed by atoms with Crippen LogP contribution in [0.25, 0.3) is 0 Å². The van der Waals surface area contributed by atoms with Gasteiger partial charge >= 0.3 is 7.82 Å². The Hall–Kier alpha value is -1.02. The number of likely N-dealkylation sites (N-methyl/N-ethyl adjacent to an activating group) is 1. The first-order valence-electron chi connectivity index (χ1n) is 27.7. The number of unbranched alkanes of at least 4 members (excludes halogenated alkanes) is 36. The lowest BCUT2D eigenvalue weighted by molar-refractivity contribution is -0.870. The fourth-order valence-electron chi connectivity index (χ4n) is 8.28. The molecule has 0 saturated heterocycles. The summed E-state index contributed by atoms with van der Waals surface area (Å²) in [6, 6.07) is -0.838. The number of carbonyl (C=O) groups excluding carboxylic acids is 1. The fourth-order valence-corrected chi connectivity index (χ4v) is 9.02. The molecule has 3 unspecified atom stereocenters. The Kier molecular flexibility index (Phi) is 46.3. The second kappa shape index (κ2) is 47.1. The molecule has 3 atom stereocenters. The molecule has 0 heterocycles. The van der Waals surface area contributed by atoms with Gasteiger partial charge < -0.3 is 19.8 Å². The summed E-state index contributed by atoms with van der Waals surface area (Å²) in [5, 5.41) is 13.5. The zero-order chi connectivity index (χ0) is 47.1. The molecule has 0 fully saturated rings. The summed E-state index contributed by atoms with van der Waals surface area (Å²) in [5.74, 6) is -0.185. The number of amides is 1. The minimum atomic E-state index is -4.31. The van der Waals surface area contributed by atoms with Crippen molar-refractivity contribution in [3.05, 3.63) is 24.3 Å². The predicted octanol–water partition coefficient (Wildman–Crippen LogP) is 16.4. The summed E-state index contributed by atoms with van der Waals surface area (Å²) in [6.45, 7) is 4.62. The lowest BCUT2D eigenvalue weighted by atomic mass is 10.0. The maximum absolute atomic E-state index is 12.7. The summed E-state index contributed by atoms with van der Waals surface area (Å²) in [7, 11) is 1.57. The van der Waals surface area contributed by atoms with Gasteiger partial charge in [0, 0.05) is 6.42 Å². The second-order valence-electron chi connectivity index (χ2n) is 20.3. The number of nitrogens with zero attached hydrogens (tertiary/aromatic N) is 1. The minimum absolute atomic E-state index is 0.0619. The molecule has 0 aliphatic heterocycles. The number of aliphatic hydroxyl groups is 1. The molecule has 9 heteroatoms. The van der Waals surface area contributed by atoms with Gasteiger partial charge in [0.15, 0.2) is 0 Å². The van der Waals surface area contributed by atoms with Crippen molar-refractivity contribution >= 4 is 13.7 Å². The molecule has 380 valence electrons. The van der Waals surface area contributed by atoms with Crippen molar-refractivity contribution < 1.29 is 32.9 Å². The normalized spacial score (nSPS) is 14.2. The molecule has 3 N–H and O–H groups in total. The number of rotatable bonds is 51. The third kappa shape index (κ3) is 48.9. The van der Waals surface area contributed by atoms with Crippen molar-refractivity contribution in [2.75, 3.05) is 40.9 Å². The zero-order valence-corrected chi connectivity index (χ0v) is 44.2. The van der Waals surface area contributed by atoms with E-state index < -0.39 is 20.0 Å². The molecule has 0 spiro atoms. The van der Waals surface area contributed by atoms with E-state index in [4.69, 9.17) is 9.05 Å². The molecule has 0 rings (SSSR count). The van der Waals surface area contributed by atoms with Gasteiger partial charge in [0.2, 0.25) is 5.91 Å². The summed E-state index contributed by atoms with van der Waals surface area (Å²) < 4.78 is 23.3. The molecule has 0 aliphatic carbocycles. The van der Waals surface area contributed by atoms with Crippen molar-refractivity contribution in [3.8, 4) is 0 Å². The molecule has 0 aromatic carbocycles. The number of aliphatic hydroxyl groups excluding tert-OH is 1. The lowest BCUT2D eigenvalue weighted by Gasteiger charge is -2.25. The van der Waals surface area contributed by atoms with Gasteiger partial charge in [-0.1, -0.05) is 250 Å². The molecule has 0 radical (unpaired) electrons. The van der Waals surface area contributed by atoms with Gasteiger partial charge in [0.05, 0.1) is 39.9 Å². The molecule has 8 nitrogen and oxygen atoms in total. The van der Waals surface area contributed by atoms with Crippen LogP contribution in [0.15, 0.2) is 24.3 Å². The molecule has 0 aromatic rings. The highest BCUT2D eigenvalue weighted by atomic mass is 31.2. The van der Waals surface area contributed by atoms with Crippen LogP contribution in [0, 0.1) is 0 Å². The molecule has 0 aliphatic rings. The van der Waals surface area contributed by atoms with E-state index in [-0.39, 0.29) is 19.1 Å². The van der Waals surface area contributed by atoms with Crippen molar-refractivity contribution in [2.45, 2.75) is 283 Å². The Morgan fingerprint density at radius 2 is 0.875 bits per heavy atom. The van der Waals surface area contributed by atoms with Gasteiger partial charge in [-0.2, -0.15) is 0 Å². The van der Waals surface area contributed by atoms with Gasteiger partial charge in [-0.25, -0.2) is 4.57 Å². The van der Waals surface area contributed by atoms with Crippen molar-refractivity contribution in [2.24, 2.45) is 0 Å². The Morgan fingerprint density at radius 3 is 1.23 bits per heavy atom. The maximum Gasteiger partial charge on any atom is 0.472 e. The largest absolute Gasteiger partial charge is 0.472 e. The summed E-state index contributed by atoms with van der Waals surface area (Å²) in [5.41, 5.74) is 0. The predicted molar refractivity (Wildman–Crippen MR) is 277 cm³/mol. The Morgan fingerprint density at radius 1 is 0.516 bits per heavy atom. The van der Waals surface area contributed by atoms with E-state index in [9.17, 15) is 19.4 Å². The Labute approximate surface area is 398 Å². The molecular weight excluding hydrogens is 816 g/mol.